The molecule has 0 radical (unpaired) electrons. The van der Waals surface area contributed by atoms with Crippen LogP contribution in [0, 0.1) is 19.7 Å². The van der Waals surface area contributed by atoms with Gasteiger partial charge in [-0.1, -0.05) is 0 Å². The standard InChI is InChI=1S/C22H27FN4O5/c1-12(2)30-22(29)27-9-7-15(8-10-27)31-20-14(4)21(26-11-25-20)32-17-6-5-16(19(24)28)13(3)18(17)23/h5-6,11-12,15H,7-10H2,1-4H3,(H2,24,28). The van der Waals surface area contributed by atoms with Crippen molar-refractivity contribution in [3.05, 3.63) is 41.0 Å². The fraction of sp³-hybridized carbons (Fsp3) is 0.455. The van der Waals surface area contributed by atoms with Gasteiger partial charge in [-0.15, -0.1) is 0 Å². The predicted octanol–water partition coefficient (Wildman–Crippen LogP) is 3.51. The summed E-state index contributed by atoms with van der Waals surface area (Å²) in [5.74, 6) is -1.04. The first-order valence-corrected chi connectivity index (χ1v) is 10.4. The Labute approximate surface area is 185 Å². The van der Waals surface area contributed by atoms with E-state index in [1.165, 1.54) is 25.4 Å². The Morgan fingerprint density at radius 3 is 2.41 bits per heavy atom. The van der Waals surface area contributed by atoms with E-state index in [1.807, 2.05) is 13.8 Å². The smallest absolute Gasteiger partial charge is 0.410 e. The van der Waals surface area contributed by atoms with E-state index in [1.54, 1.807) is 11.8 Å². The van der Waals surface area contributed by atoms with Gasteiger partial charge in [0, 0.05) is 37.1 Å². The molecule has 0 spiro atoms. The van der Waals surface area contributed by atoms with Crippen molar-refractivity contribution in [3.63, 3.8) is 0 Å². The number of primary amides is 1. The largest absolute Gasteiger partial charge is 0.474 e. The summed E-state index contributed by atoms with van der Waals surface area (Å²) in [7, 11) is 0. The molecule has 1 aliphatic rings. The molecule has 0 atom stereocenters. The number of carbonyl (C=O) groups is 2. The van der Waals surface area contributed by atoms with Crippen LogP contribution in [0.15, 0.2) is 18.5 Å². The number of rotatable bonds is 6. The van der Waals surface area contributed by atoms with Gasteiger partial charge in [-0.3, -0.25) is 4.79 Å². The van der Waals surface area contributed by atoms with Crippen molar-refractivity contribution < 1.29 is 28.2 Å². The molecule has 1 fully saturated rings. The molecule has 1 aromatic heterocycles. The lowest BCUT2D eigenvalue weighted by Crippen LogP contribution is -2.42. The zero-order chi connectivity index (χ0) is 23.4. The zero-order valence-electron chi connectivity index (χ0n) is 18.6. The number of hydrogen-bond acceptors (Lipinski definition) is 7. The normalized spacial score (nSPS) is 14.4. The van der Waals surface area contributed by atoms with Gasteiger partial charge < -0.3 is 24.8 Å². The van der Waals surface area contributed by atoms with Crippen LogP contribution < -0.4 is 15.2 Å². The van der Waals surface area contributed by atoms with Gasteiger partial charge in [-0.25, -0.2) is 19.2 Å². The van der Waals surface area contributed by atoms with Gasteiger partial charge in [0.2, 0.25) is 17.7 Å². The lowest BCUT2D eigenvalue weighted by molar-refractivity contribution is 0.0504. The number of carbonyl (C=O) groups excluding carboxylic acids is 2. The SMILES string of the molecule is Cc1c(Oc2ccc(C(N)=O)c(C)c2F)ncnc1OC1CCN(C(=O)OC(C)C)CC1. The first-order valence-electron chi connectivity index (χ1n) is 10.4. The Hall–Kier alpha value is -3.43. The van der Waals surface area contributed by atoms with E-state index in [2.05, 4.69) is 9.97 Å². The third kappa shape index (κ3) is 5.24. The number of piperidine rings is 1. The maximum absolute atomic E-state index is 14.6. The van der Waals surface area contributed by atoms with Gasteiger partial charge in [-0.2, -0.15) is 0 Å². The number of nitrogens with zero attached hydrogens (tertiary/aromatic N) is 3. The second kappa shape index (κ2) is 9.80. The molecule has 0 unspecified atom stereocenters. The highest BCUT2D eigenvalue weighted by Gasteiger charge is 2.26. The molecular weight excluding hydrogens is 419 g/mol. The maximum atomic E-state index is 14.6. The first-order chi connectivity index (χ1) is 15.2. The summed E-state index contributed by atoms with van der Waals surface area (Å²) in [6, 6.07) is 2.73. The van der Waals surface area contributed by atoms with Crippen LogP contribution in [0.2, 0.25) is 0 Å². The van der Waals surface area contributed by atoms with Gasteiger partial charge in [0.05, 0.1) is 11.7 Å². The number of benzene rings is 1. The van der Waals surface area contributed by atoms with Crippen molar-refractivity contribution >= 4 is 12.0 Å². The predicted molar refractivity (Wildman–Crippen MR) is 113 cm³/mol. The van der Waals surface area contributed by atoms with Crippen molar-refractivity contribution in [1.82, 2.24) is 14.9 Å². The highest BCUT2D eigenvalue weighted by molar-refractivity contribution is 5.94. The Kier molecular flexibility index (Phi) is 7.12. The lowest BCUT2D eigenvalue weighted by Gasteiger charge is -2.31. The van der Waals surface area contributed by atoms with Crippen molar-refractivity contribution in [1.29, 1.82) is 0 Å². The van der Waals surface area contributed by atoms with Crippen LogP contribution in [0.4, 0.5) is 9.18 Å². The first kappa shape index (κ1) is 23.2. The van der Waals surface area contributed by atoms with E-state index >= 15 is 0 Å². The third-order valence-electron chi connectivity index (χ3n) is 5.13. The molecule has 9 nitrogen and oxygen atoms in total. The molecule has 2 amide bonds. The molecule has 3 rings (SSSR count). The van der Waals surface area contributed by atoms with Crippen LogP contribution in [0.25, 0.3) is 0 Å². The van der Waals surface area contributed by atoms with Crippen molar-refractivity contribution in [3.8, 4) is 17.5 Å². The molecule has 172 valence electrons. The molecule has 2 aromatic rings. The second-order valence-electron chi connectivity index (χ2n) is 7.86. The average Bonchev–Trinajstić information content (AvgIpc) is 2.74. The average molecular weight is 446 g/mol. The molecule has 1 aromatic carbocycles. The van der Waals surface area contributed by atoms with Crippen LogP contribution in [0.1, 0.15) is 48.2 Å². The summed E-state index contributed by atoms with van der Waals surface area (Å²) in [4.78, 5) is 33.3. The Morgan fingerprint density at radius 2 is 1.78 bits per heavy atom. The van der Waals surface area contributed by atoms with Crippen LogP contribution in [-0.2, 0) is 4.74 Å². The molecule has 0 aliphatic carbocycles. The van der Waals surface area contributed by atoms with Gasteiger partial charge in [0.15, 0.2) is 11.6 Å². The van der Waals surface area contributed by atoms with Crippen molar-refractivity contribution in [2.24, 2.45) is 5.73 Å². The number of amides is 2. The summed E-state index contributed by atoms with van der Waals surface area (Å²) >= 11 is 0. The number of hydrogen-bond donors (Lipinski definition) is 1. The number of nitrogens with two attached hydrogens (primary N) is 1. The summed E-state index contributed by atoms with van der Waals surface area (Å²) in [6.07, 6.45) is 1.87. The van der Waals surface area contributed by atoms with Gasteiger partial charge in [0.1, 0.15) is 12.4 Å². The van der Waals surface area contributed by atoms with E-state index in [4.69, 9.17) is 19.9 Å². The minimum absolute atomic E-state index is 0.0851. The Morgan fingerprint density at radius 1 is 1.12 bits per heavy atom. The van der Waals surface area contributed by atoms with E-state index in [9.17, 15) is 14.0 Å². The lowest BCUT2D eigenvalue weighted by atomic mass is 10.1. The molecule has 0 bridgehead atoms. The molecule has 0 saturated carbocycles. The van der Waals surface area contributed by atoms with Crippen LogP contribution in [-0.4, -0.2) is 52.2 Å². The molecule has 1 aliphatic heterocycles. The van der Waals surface area contributed by atoms with Gasteiger partial charge >= 0.3 is 6.09 Å². The molecular formula is C22H27FN4O5. The number of aromatic nitrogens is 2. The summed E-state index contributed by atoms with van der Waals surface area (Å²) in [5.41, 5.74) is 5.94. The zero-order valence-corrected chi connectivity index (χ0v) is 18.6. The van der Waals surface area contributed by atoms with E-state index < -0.39 is 11.7 Å². The molecule has 1 saturated heterocycles. The quantitative estimate of drug-likeness (QED) is 0.721. The van der Waals surface area contributed by atoms with Crippen LogP contribution >= 0.6 is 0 Å². The summed E-state index contributed by atoms with van der Waals surface area (Å²) < 4.78 is 31.5. The monoisotopic (exact) mass is 446 g/mol. The number of likely N-dealkylation sites (tertiary alicyclic amines) is 1. The number of halogens is 1. The Balaban J connectivity index is 1.68. The summed E-state index contributed by atoms with van der Waals surface area (Å²) in [6.45, 7) is 7.81. The minimum Gasteiger partial charge on any atom is -0.474 e. The van der Waals surface area contributed by atoms with E-state index in [0.717, 1.165) is 0 Å². The van der Waals surface area contributed by atoms with Crippen molar-refractivity contribution in [2.75, 3.05) is 13.1 Å². The fourth-order valence-electron chi connectivity index (χ4n) is 3.34. The van der Waals surface area contributed by atoms with E-state index in [0.29, 0.717) is 37.4 Å². The fourth-order valence-corrected chi connectivity index (χ4v) is 3.34. The van der Waals surface area contributed by atoms with Crippen LogP contribution in [0.5, 0.6) is 17.5 Å². The molecule has 32 heavy (non-hydrogen) atoms. The van der Waals surface area contributed by atoms with Gasteiger partial charge in [0.25, 0.3) is 0 Å². The Bertz CT molecular complexity index is 1010. The van der Waals surface area contributed by atoms with Gasteiger partial charge in [-0.05, 0) is 39.8 Å². The highest BCUT2D eigenvalue weighted by Crippen LogP contribution is 2.32. The van der Waals surface area contributed by atoms with Crippen molar-refractivity contribution in [2.45, 2.75) is 52.7 Å². The van der Waals surface area contributed by atoms with Crippen LogP contribution in [0.3, 0.4) is 0 Å². The minimum atomic E-state index is -0.717. The van der Waals surface area contributed by atoms with E-state index in [-0.39, 0.29) is 41.1 Å². The highest BCUT2D eigenvalue weighted by atomic mass is 19.1. The molecule has 2 heterocycles. The molecule has 10 heteroatoms. The maximum Gasteiger partial charge on any atom is 0.410 e. The second-order valence-corrected chi connectivity index (χ2v) is 7.86. The topological polar surface area (TPSA) is 117 Å². The summed E-state index contributed by atoms with van der Waals surface area (Å²) in [5, 5.41) is 0. The number of ether oxygens (including phenoxy) is 3. The third-order valence-corrected chi connectivity index (χ3v) is 5.13. The molecule has 2 N–H and O–H groups in total.